The zero-order valence-electron chi connectivity index (χ0n) is 8.92. The van der Waals surface area contributed by atoms with Crippen LogP contribution in [0.1, 0.15) is 25.7 Å². The van der Waals surface area contributed by atoms with E-state index < -0.39 is 0 Å². The lowest BCUT2D eigenvalue weighted by molar-refractivity contribution is -0.123. The number of piperidine rings is 1. The molecular formula is C10H20ClN3O. The molecule has 0 saturated carbocycles. The van der Waals surface area contributed by atoms with Crippen molar-refractivity contribution in [3.63, 3.8) is 0 Å². The van der Waals surface area contributed by atoms with Crippen LogP contribution in [-0.4, -0.2) is 37.6 Å². The van der Waals surface area contributed by atoms with Crippen LogP contribution in [0, 0.1) is 0 Å². The summed E-state index contributed by atoms with van der Waals surface area (Å²) in [5.41, 5.74) is 0. The van der Waals surface area contributed by atoms with Crippen molar-refractivity contribution in [2.45, 2.75) is 37.8 Å². The van der Waals surface area contributed by atoms with Crippen LogP contribution in [0.2, 0.25) is 0 Å². The van der Waals surface area contributed by atoms with Crippen LogP contribution in [0.3, 0.4) is 0 Å². The lowest BCUT2D eigenvalue weighted by Gasteiger charge is -2.25. The molecule has 0 unspecified atom stereocenters. The molecule has 5 heteroatoms. The van der Waals surface area contributed by atoms with Gasteiger partial charge < -0.3 is 16.0 Å². The minimum Gasteiger partial charge on any atom is -0.351 e. The van der Waals surface area contributed by atoms with Crippen LogP contribution in [0.4, 0.5) is 0 Å². The van der Waals surface area contributed by atoms with Gasteiger partial charge in [-0.3, -0.25) is 4.79 Å². The monoisotopic (exact) mass is 233 g/mol. The fourth-order valence-electron chi connectivity index (χ4n) is 2.19. The summed E-state index contributed by atoms with van der Waals surface area (Å²) in [5, 5.41) is 9.61. The molecule has 2 aliphatic rings. The molecule has 0 aromatic rings. The van der Waals surface area contributed by atoms with Crippen LogP contribution >= 0.6 is 12.4 Å². The maximum Gasteiger partial charge on any atom is 0.237 e. The number of nitrogens with one attached hydrogen (secondary N) is 3. The van der Waals surface area contributed by atoms with Crippen molar-refractivity contribution in [2.24, 2.45) is 0 Å². The highest BCUT2D eigenvalue weighted by atomic mass is 35.5. The van der Waals surface area contributed by atoms with Crippen molar-refractivity contribution < 1.29 is 4.79 Å². The van der Waals surface area contributed by atoms with Crippen LogP contribution in [-0.2, 0) is 4.79 Å². The number of rotatable bonds is 2. The highest BCUT2D eigenvalue weighted by Crippen LogP contribution is 2.07. The number of carbonyl (C=O) groups is 1. The summed E-state index contributed by atoms with van der Waals surface area (Å²) in [6.45, 7) is 3.01. The third-order valence-corrected chi connectivity index (χ3v) is 3.02. The second-order valence-corrected chi connectivity index (χ2v) is 4.20. The third kappa shape index (κ3) is 3.63. The minimum absolute atomic E-state index is 0. The first-order valence-electron chi connectivity index (χ1n) is 5.61. The molecule has 2 heterocycles. The predicted octanol–water partition coefficient (Wildman–Crippen LogP) is 0.0284. The highest BCUT2D eigenvalue weighted by molar-refractivity contribution is 5.85. The molecule has 0 aromatic carbocycles. The average molecular weight is 234 g/mol. The Bertz CT molecular complexity index is 201. The molecule has 15 heavy (non-hydrogen) atoms. The molecular weight excluding hydrogens is 214 g/mol. The van der Waals surface area contributed by atoms with E-state index in [2.05, 4.69) is 16.0 Å². The van der Waals surface area contributed by atoms with Gasteiger partial charge in [0.15, 0.2) is 0 Å². The van der Waals surface area contributed by atoms with Gasteiger partial charge in [0, 0.05) is 12.6 Å². The second-order valence-electron chi connectivity index (χ2n) is 4.20. The van der Waals surface area contributed by atoms with E-state index in [0.29, 0.717) is 6.04 Å². The first-order valence-corrected chi connectivity index (χ1v) is 5.61. The summed E-state index contributed by atoms with van der Waals surface area (Å²) in [4.78, 5) is 11.7. The molecule has 3 N–H and O–H groups in total. The Balaban J connectivity index is 0.00000112. The van der Waals surface area contributed by atoms with Gasteiger partial charge in [-0.25, -0.2) is 0 Å². The molecule has 0 bridgehead atoms. The molecule has 2 atom stereocenters. The average Bonchev–Trinajstić information content (AvgIpc) is 2.72. The molecule has 0 radical (unpaired) electrons. The van der Waals surface area contributed by atoms with Crippen LogP contribution in [0.25, 0.3) is 0 Å². The van der Waals surface area contributed by atoms with Crippen molar-refractivity contribution in [1.82, 2.24) is 16.0 Å². The van der Waals surface area contributed by atoms with Crippen molar-refractivity contribution in [1.29, 1.82) is 0 Å². The first-order chi connectivity index (χ1) is 6.86. The number of halogens is 1. The van der Waals surface area contributed by atoms with Crippen molar-refractivity contribution in [3.8, 4) is 0 Å². The molecule has 4 nitrogen and oxygen atoms in total. The number of hydrogen-bond donors (Lipinski definition) is 3. The van der Waals surface area contributed by atoms with E-state index in [1.54, 1.807) is 0 Å². The topological polar surface area (TPSA) is 53.2 Å². The standard InChI is InChI=1S/C10H19N3O.ClH/c14-10(9-4-2-6-12-9)13-8-3-1-5-11-7-8;/h8-9,11-12H,1-7H2,(H,13,14);1H/t8-,9-;/m1./s1. The van der Waals surface area contributed by atoms with E-state index in [1.807, 2.05) is 0 Å². The summed E-state index contributed by atoms with van der Waals surface area (Å²) >= 11 is 0. The van der Waals surface area contributed by atoms with E-state index in [0.717, 1.165) is 38.9 Å². The van der Waals surface area contributed by atoms with E-state index in [4.69, 9.17) is 0 Å². The lowest BCUT2D eigenvalue weighted by Crippen LogP contribution is -2.50. The van der Waals surface area contributed by atoms with Crippen molar-refractivity contribution >= 4 is 18.3 Å². The van der Waals surface area contributed by atoms with E-state index >= 15 is 0 Å². The summed E-state index contributed by atoms with van der Waals surface area (Å²) in [6, 6.07) is 0.413. The van der Waals surface area contributed by atoms with Crippen molar-refractivity contribution in [3.05, 3.63) is 0 Å². The van der Waals surface area contributed by atoms with Gasteiger partial charge in [-0.15, -0.1) is 12.4 Å². The Morgan fingerprint density at radius 2 is 2.00 bits per heavy atom. The smallest absolute Gasteiger partial charge is 0.237 e. The first kappa shape index (κ1) is 12.7. The fraction of sp³-hybridized carbons (Fsp3) is 0.900. The molecule has 1 amide bonds. The SMILES string of the molecule is Cl.O=C(N[C@@H]1CCCNC1)[C@H]1CCCN1. The maximum atomic E-state index is 11.7. The zero-order chi connectivity index (χ0) is 9.80. The number of amides is 1. The van der Waals surface area contributed by atoms with Gasteiger partial charge in [0.25, 0.3) is 0 Å². The fourth-order valence-corrected chi connectivity index (χ4v) is 2.19. The molecule has 88 valence electrons. The molecule has 2 aliphatic heterocycles. The zero-order valence-corrected chi connectivity index (χ0v) is 9.74. The molecule has 0 aromatic heterocycles. The molecule has 2 saturated heterocycles. The van der Waals surface area contributed by atoms with Gasteiger partial charge in [-0.05, 0) is 38.8 Å². The molecule has 0 aliphatic carbocycles. The highest BCUT2D eigenvalue weighted by Gasteiger charge is 2.24. The number of carbonyl (C=O) groups excluding carboxylic acids is 1. The Morgan fingerprint density at radius 3 is 2.60 bits per heavy atom. The summed E-state index contributed by atoms with van der Waals surface area (Å²) in [7, 11) is 0. The van der Waals surface area contributed by atoms with Crippen LogP contribution < -0.4 is 16.0 Å². The number of hydrogen-bond acceptors (Lipinski definition) is 3. The Hall–Kier alpha value is -0.320. The van der Waals surface area contributed by atoms with Crippen molar-refractivity contribution in [2.75, 3.05) is 19.6 Å². The summed E-state index contributed by atoms with van der Waals surface area (Å²) in [6.07, 6.45) is 4.40. The molecule has 2 rings (SSSR count). The van der Waals surface area contributed by atoms with Gasteiger partial charge >= 0.3 is 0 Å². The maximum absolute atomic E-state index is 11.7. The van der Waals surface area contributed by atoms with E-state index in [-0.39, 0.29) is 24.4 Å². The predicted molar refractivity (Wildman–Crippen MR) is 62.3 cm³/mol. The van der Waals surface area contributed by atoms with Crippen LogP contribution in [0.15, 0.2) is 0 Å². The van der Waals surface area contributed by atoms with Gasteiger partial charge in [-0.2, -0.15) is 0 Å². The van der Waals surface area contributed by atoms with Gasteiger partial charge in [0.1, 0.15) is 0 Å². The van der Waals surface area contributed by atoms with Gasteiger partial charge in [0.05, 0.1) is 6.04 Å². The van der Waals surface area contributed by atoms with E-state index in [9.17, 15) is 4.79 Å². The molecule has 2 fully saturated rings. The van der Waals surface area contributed by atoms with Gasteiger partial charge in [0.2, 0.25) is 5.91 Å². The van der Waals surface area contributed by atoms with E-state index in [1.165, 1.54) is 6.42 Å². The quantitative estimate of drug-likeness (QED) is 0.631. The Morgan fingerprint density at radius 1 is 1.20 bits per heavy atom. The normalized spacial score (nSPS) is 30.7. The Labute approximate surface area is 97.0 Å². The second kappa shape index (κ2) is 6.30. The summed E-state index contributed by atoms with van der Waals surface area (Å²) < 4.78 is 0. The lowest BCUT2D eigenvalue weighted by atomic mass is 10.1. The van der Waals surface area contributed by atoms with Gasteiger partial charge in [-0.1, -0.05) is 0 Å². The minimum atomic E-state index is 0. The third-order valence-electron chi connectivity index (χ3n) is 3.02. The Kier molecular flexibility index (Phi) is 5.36. The largest absolute Gasteiger partial charge is 0.351 e. The molecule has 0 spiro atoms. The summed E-state index contributed by atoms with van der Waals surface area (Å²) in [5.74, 6) is 0.191. The van der Waals surface area contributed by atoms with Crippen LogP contribution in [0.5, 0.6) is 0 Å².